The minimum absolute atomic E-state index is 0.0691. The van der Waals surface area contributed by atoms with E-state index in [4.69, 9.17) is 4.74 Å². The number of hydrogen-bond donors (Lipinski definition) is 1. The van der Waals surface area contributed by atoms with Gasteiger partial charge in [-0.3, -0.25) is 10.1 Å². The summed E-state index contributed by atoms with van der Waals surface area (Å²) in [5.74, 6) is -0.349. The van der Waals surface area contributed by atoms with Crippen molar-refractivity contribution in [3.63, 3.8) is 0 Å². The molecule has 1 amide bonds. The van der Waals surface area contributed by atoms with Crippen LogP contribution in [-0.4, -0.2) is 49.9 Å². The summed E-state index contributed by atoms with van der Waals surface area (Å²) in [5.41, 5.74) is 2.08. The van der Waals surface area contributed by atoms with Crippen molar-refractivity contribution in [1.29, 1.82) is 0 Å². The third-order valence-electron chi connectivity index (χ3n) is 5.17. The molecular weight excluding hydrogens is 514 g/mol. The van der Waals surface area contributed by atoms with E-state index in [1.807, 2.05) is 29.6 Å². The van der Waals surface area contributed by atoms with Crippen LogP contribution in [0, 0.1) is 0 Å². The number of carbonyl (C=O) groups excluding carboxylic acids is 1. The number of ether oxygens (including phenoxy) is 1. The summed E-state index contributed by atoms with van der Waals surface area (Å²) in [5, 5.41) is 5.12. The standard InChI is InChI=1S/C22H22BrN3O4S2/c1-26(13-18-3-2-12-30-18)32(28,29)19-10-6-16(7-11-19)21(27)25-22-24-20(14-31-22)15-4-8-17(23)9-5-15/h4-11,14,18H,2-3,12-13H2,1H3,(H,24,25,27). The predicted molar refractivity (Wildman–Crippen MR) is 128 cm³/mol. The zero-order chi connectivity index (χ0) is 22.7. The van der Waals surface area contributed by atoms with Gasteiger partial charge in [0.15, 0.2) is 5.13 Å². The second kappa shape index (κ2) is 9.80. The van der Waals surface area contributed by atoms with Gasteiger partial charge in [-0.15, -0.1) is 11.3 Å². The number of nitrogens with zero attached hydrogens (tertiary/aromatic N) is 2. The summed E-state index contributed by atoms with van der Waals surface area (Å²) in [6.07, 6.45) is 1.74. The van der Waals surface area contributed by atoms with E-state index in [0.29, 0.717) is 23.8 Å². The van der Waals surface area contributed by atoms with Crippen LogP contribution in [0.5, 0.6) is 0 Å². The number of hydrogen-bond acceptors (Lipinski definition) is 6. The Morgan fingerprint density at radius 2 is 1.94 bits per heavy atom. The van der Waals surface area contributed by atoms with E-state index in [1.165, 1.54) is 39.9 Å². The molecule has 0 aliphatic carbocycles. The average Bonchev–Trinajstić information content (AvgIpc) is 3.46. The van der Waals surface area contributed by atoms with Crippen LogP contribution in [0.3, 0.4) is 0 Å². The summed E-state index contributed by atoms with van der Waals surface area (Å²) < 4.78 is 33.4. The fraction of sp³-hybridized carbons (Fsp3) is 0.273. The number of nitrogens with one attached hydrogen (secondary N) is 1. The molecule has 0 saturated carbocycles. The second-order valence-electron chi connectivity index (χ2n) is 7.44. The monoisotopic (exact) mass is 535 g/mol. The van der Waals surface area contributed by atoms with Gasteiger partial charge in [0.05, 0.1) is 16.7 Å². The smallest absolute Gasteiger partial charge is 0.257 e. The molecule has 0 radical (unpaired) electrons. The lowest BCUT2D eigenvalue weighted by Crippen LogP contribution is -2.34. The molecule has 1 aromatic heterocycles. The van der Waals surface area contributed by atoms with Crippen LogP contribution in [0.15, 0.2) is 63.3 Å². The van der Waals surface area contributed by atoms with Crippen molar-refractivity contribution in [2.45, 2.75) is 23.8 Å². The van der Waals surface area contributed by atoms with Crippen LogP contribution in [0.4, 0.5) is 5.13 Å². The van der Waals surface area contributed by atoms with Crippen LogP contribution in [-0.2, 0) is 14.8 Å². The van der Waals surface area contributed by atoms with Gasteiger partial charge in [-0.2, -0.15) is 4.31 Å². The number of carbonyl (C=O) groups is 1. The topological polar surface area (TPSA) is 88.6 Å². The van der Waals surface area contributed by atoms with Crippen molar-refractivity contribution < 1.29 is 17.9 Å². The van der Waals surface area contributed by atoms with Gasteiger partial charge in [0.25, 0.3) is 5.91 Å². The van der Waals surface area contributed by atoms with Crippen molar-refractivity contribution in [1.82, 2.24) is 9.29 Å². The third kappa shape index (κ3) is 5.26. The number of benzene rings is 2. The fourth-order valence-electron chi connectivity index (χ4n) is 3.39. The number of anilines is 1. The Balaban J connectivity index is 1.41. The molecule has 0 bridgehead atoms. The van der Waals surface area contributed by atoms with E-state index in [2.05, 4.69) is 26.2 Å². The highest BCUT2D eigenvalue weighted by Crippen LogP contribution is 2.26. The van der Waals surface area contributed by atoms with Gasteiger partial charge in [0, 0.05) is 41.2 Å². The first kappa shape index (κ1) is 23.1. The molecular formula is C22H22BrN3O4S2. The number of sulfonamides is 1. The maximum Gasteiger partial charge on any atom is 0.257 e. The fourth-order valence-corrected chi connectivity index (χ4v) is 5.57. The van der Waals surface area contributed by atoms with Crippen LogP contribution in [0.25, 0.3) is 11.3 Å². The molecule has 10 heteroatoms. The van der Waals surface area contributed by atoms with E-state index in [-0.39, 0.29) is 16.9 Å². The van der Waals surface area contributed by atoms with Gasteiger partial charge in [-0.05, 0) is 49.2 Å². The Labute approximate surface area is 199 Å². The Morgan fingerprint density at radius 3 is 2.59 bits per heavy atom. The zero-order valence-electron chi connectivity index (χ0n) is 17.3. The van der Waals surface area contributed by atoms with Crippen molar-refractivity contribution in [2.24, 2.45) is 0 Å². The summed E-state index contributed by atoms with van der Waals surface area (Å²) in [6, 6.07) is 13.7. The minimum atomic E-state index is -3.65. The van der Waals surface area contributed by atoms with Gasteiger partial charge in [-0.1, -0.05) is 28.1 Å². The molecule has 0 spiro atoms. The van der Waals surface area contributed by atoms with Gasteiger partial charge < -0.3 is 4.74 Å². The molecule has 32 heavy (non-hydrogen) atoms. The predicted octanol–water partition coefficient (Wildman–Crippen LogP) is 4.62. The maximum absolute atomic E-state index is 12.8. The van der Waals surface area contributed by atoms with E-state index in [0.717, 1.165) is 28.6 Å². The van der Waals surface area contributed by atoms with E-state index in [1.54, 1.807) is 7.05 Å². The zero-order valence-corrected chi connectivity index (χ0v) is 20.5. The maximum atomic E-state index is 12.8. The molecule has 1 unspecified atom stereocenters. The number of likely N-dealkylation sites (N-methyl/N-ethyl adjacent to an activating group) is 1. The molecule has 1 aliphatic heterocycles. The molecule has 1 saturated heterocycles. The highest BCUT2D eigenvalue weighted by atomic mass is 79.9. The summed E-state index contributed by atoms with van der Waals surface area (Å²) in [4.78, 5) is 17.2. The number of amides is 1. The molecule has 7 nitrogen and oxygen atoms in total. The molecule has 2 heterocycles. The number of thiazole rings is 1. The van der Waals surface area contributed by atoms with Crippen LogP contribution < -0.4 is 5.32 Å². The van der Waals surface area contributed by atoms with Gasteiger partial charge in [0.1, 0.15) is 0 Å². The number of rotatable bonds is 7. The van der Waals surface area contributed by atoms with Gasteiger partial charge >= 0.3 is 0 Å². The summed E-state index contributed by atoms with van der Waals surface area (Å²) in [7, 11) is -2.11. The van der Waals surface area contributed by atoms with Crippen molar-refractivity contribution in [3.8, 4) is 11.3 Å². The number of aromatic nitrogens is 1. The first-order valence-electron chi connectivity index (χ1n) is 10.0. The lowest BCUT2D eigenvalue weighted by Gasteiger charge is -2.20. The summed E-state index contributed by atoms with van der Waals surface area (Å²) >= 11 is 4.73. The molecule has 168 valence electrons. The molecule has 1 atom stereocenters. The normalized spacial score (nSPS) is 16.4. The van der Waals surface area contributed by atoms with Crippen LogP contribution in [0.2, 0.25) is 0 Å². The lowest BCUT2D eigenvalue weighted by atomic mass is 10.2. The van der Waals surface area contributed by atoms with Gasteiger partial charge in [0.2, 0.25) is 10.0 Å². The van der Waals surface area contributed by atoms with E-state index in [9.17, 15) is 13.2 Å². The minimum Gasteiger partial charge on any atom is -0.377 e. The Hall–Kier alpha value is -2.11. The molecule has 1 fully saturated rings. The highest BCUT2D eigenvalue weighted by molar-refractivity contribution is 9.10. The molecule has 4 rings (SSSR count). The second-order valence-corrected chi connectivity index (χ2v) is 11.3. The summed E-state index contributed by atoms with van der Waals surface area (Å²) in [6.45, 7) is 0.988. The van der Waals surface area contributed by atoms with E-state index < -0.39 is 10.0 Å². The average molecular weight is 536 g/mol. The quantitative estimate of drug-likeness (QED) is 0.476. The molecule has 2 aromatic carbocycles. The van der Waals surface area contributed by atoms with Gasteiger partial charge in [-0.25, -0.2) is 13.4 Å². The van der Waals surface area contributed by atoms with Crippen LogP contribution >= 0.6 is 27.3 Å². The Morgan fingerprint density at radius 1 is 1.22 bits per heavy atom. The van der Waals surface area contributed by atoms with E-state index >= 15 is 0 Å². The number of halogens is 1. The molecule has 3 aromatic rings. The van der Waals surface area contributed by atoms with Crippen LogP contribution in [0.1, 0.15) is 23.2 Å². The Kier molecular flexibility index (Phi) is 7.06. The first-order chi connectivity index (χ1) is 15.3. The third-order valence-corrected chi connectivity index (χ3v) is 8.30. The highest BCUT2D eigenvalue weighted by Gasteiger charge is 2.26. The Bertz CT molecular complexity index is 1190. The first-order valence-corrected chi connectivity index (χ1v) is 13.1. The molecule has 1 aliphatic rings. The largest absolute Gasteiger partial charge is 0.377 e. The van der Waals surface area contributed by atoms with Crippen molar-refractivity contribution in [2.75, 3.05) is 25.5 Å². The molecule has 1 N–H and O–H groups in total. The van der Waals surface area contributed by atoms with Crippen molar-refractivity contribution in [3.05, 3.63) is 63.9 Å². The SMILES string of the molecule is CN(CC1CCCO1)S(=O)(=O)c1ccc(C(=O)Nc2nc(-c3ccc(Br)cc3)cs2)cc1. The van der Waals surface area contributed by atoms with Crippen molar-refractivity contribution >= 4 is 48.3 Å². The lowest BCUT2D eigenvalue weighted by molar-refractivity contribution is 0.0979.